The number of rotatable bonds is 7. The van der Waals surface area contributed by atoms with E-state index in [1.165, 1.54) is 19.1 Å². The lowest BCUT2D eigenvalue weighted by Gasteiger charge is -2.17. The maximum atomic E-state index is 13.1. The van der Waals surface area contributed by atoms with E-state index in [1.807, 2.05) is 0 Å². The van der Waals surface area contributed by atoms with Gasteiger partial charge in [-0.2, -0.15) is 0 Å². The molecule has 0 fully saturated rings. The molecule has 0 saturated carbocycles. The Morgan fingerprint density at radius 3 is 2.56 bits per heavy atom. The third-order valence-electron chi connectivity index (χ3n) is 2.88. The van der Waals surface area contributed by atoms with Gasteiger partial charge in [0.05, 0.1) is 0 Å². The van der Waals surface area contributed by atoms with Gasteiger partial charge in [0, 0.05) is 22.8 Å². The predicted octanol–water partition coefficient (Wildman–Crippen LogP) is 3.46. The van der Waals surface area contributed by atoms with E-state index < -0.39 is 0 Å². The van der Waals surface area contributed by atoms with Crippen molar-refractivity contribution in [1.82, 2.24) is 4.90 Å². The molecule has 100 valence electrons. The number of Topliss-reactive ketones (excluding diaryl/α,β-unsaturated/α-hetero) is 1. The van der Waals surface area contributed by atoms with Crippen molar-refractivity contribution < 1.29 is 9.18 Å². The molecule has 0 unspecified atom stereocenters. The van der Waals surface area contributed by atoms with Gasteiger partial charge in [0.25, 0.3) is 0 Å². The Hall–Kier alpha value is -0.870. The fourth-order valence-electron chi connectivity index (χ4n) is 1.73. The van der Waals surface area contributed by atoms with Gasteiger partial charge < -0.3 is 4.90 Å². The van der Waals surface area contributed by atoms with Crippen LogP contribution < -0.4 is 0 Å². The molecule has 0 spiro atoms. The molecule has 0 radical (unpaired) electrons. The van der Waals surface area contributed by atoms with Crippen LogP contribution in [0.25, 0.3) is 0 Å². The fourth-order valence-corrected chi connectivity index (χ4v) is 2.82. The van der Waals surface area contributed by atoms with E-state index in [0.717, 1.165) is 30.3 Å². The molecule has 0 bridgehead atoms. The van der Waals surface area contributed by atoms with E-state index in [1.54, 1.807) is 17.8 Å². The number of thioether (sulfide) groups is 1. The summed E-state index contributed by atoms with van der Waals surface area (Å²) in [7, 11) is 0. The molecule has 1 rings (SSSR count). The van der Waals surface area contributed by atoms with Crippen LogP contribution in [0.4, 0.5) is 4.39 Å². The highest BCUT2D eigenvalue weighted by Gasteiger charge is 2.09. The maximum Gasteiger partial charge on any atom is 0.161 e. The van der Waals surface area contributed by atoms with Gasteiger partial charge in [-0.15, -0.1) is 11.8 Å². The van der Waals surface area contributed by atoms with Gasteiger partial charge in [0.2, 0.25) is 0 Å². The fraction of sp³-hybridized carbons (Fsp3) is 0.500. The van der Waals surface area contributed by atoms with Crippen molar-refractivity contribution in [3.05, 3.63) is 29.6 Å². The lowest BCUT2D eigenvalue weighted by molar-refractivity contribution is 0.101. The molecule has 0 atom stereocenters. The van der Waals surface area contributed by atoms with Crippen LogP contribution in [0.15, 0.2) is 23.1 Å². The van der Waals surface area contributed by atoms with Gasteiger partial charge in [-0.3, -0.25) is 4.79 Å². The van der Waals surface area contributed by atoms with Crippen LogP contribution in [-0.2, 0) is 0 Å². The number of hydrogen-bond donors (Lipinski definition) is 0. The molecule has 0 N–H and O–H groups in total. The molecule has 0 aromatic heterocycles. The van der Waals surface area contributed by atoms with Crippen LogP contribution in [-0.4, -0.2) is 36.1 Å². The average Bonchev–Trinajstić information content (AvgIpc) is 2.36. The van der Waals surface area contributed by atoms with Crippen molar-refractivity contribution in [2.24, 2.45) is 0 Å². The molecule has 4 heteroatoms. The van der Waals surface area contributed by atoms with Crippen LogP contribution >= 0.6 is 11.8 Å². The van der Waals surface area contributed by atoms with Gasteiger partial charge in [0.1, 0.15) is 5.82 Å². The summed E-state index contributed by atoms with van der Waals surface area (Å²) in [6.07, 6.45) is 0. The van der Waals surface area contributed by atoms with Crippen LogP contribution in [0.3, 0.4) is 0 Å². The predicted molar refractivity (Wildman–Crippen MR) is 74.9 cm³/mol. The molecule has 0 amide bonds. The molecule has 0 aliphatic carbocycles. The number of carbonyl (C=O) groups is 1. The zero-order valence-electron chi connectivity index (χ0n) is 11.2. The molecule has 2 nitrogen and oxygen atoms in total. The molecule has 0 aliphatic rings. The van der Waals surface area contributed by atoms with E-state index in [-0.39, 0.29) is 11.6 Å². The highest BCUT2D eigenvalue weighted by molar-refractivity contribution is 7.99. The maximum absolute atomic E-state index is 13.1. The van der Waals surface area contributed by atoms with E-state index >= 15 is 0 Å². The van der Waals surface area contributed by atoms with Crippen molar-refractivity contribution in [1.29, 1.82) is 0 Å². The average molecular weight is 269 g/mol. The van der Waals surface area contributed by atoms with Crippen LogP contribution in [0, 0.1) is 5.82 Å². The number of nitrogens with zero attached hydrogens (tertiary/aromatic N) is 1. The van der Waals surface area contributed by atoms with Gasteiger partial charge in [0.15, 0.2) is 5.78 Å². The number of hydrogen-bond acceptors (Lipinski definition) is 3. The highest BCUT2D eigenvalue weighted by atomic mass is 32.2. The molecule has 0 heterocycles. The Balaban J connectivity index is 2.64. The summed E-state index contributed by atoms with van der Waals surface area (Å²) < 4.78 is 13.1. The SMILES string of the molecule is CCN(CC)CCSc1ccc(F)cc1C(C)=O. The van der Waals surface area contributed by atoms with E-state index in [9.17, 15) is 9.18 Å². The van der Waals surface area contributed by atoms with Crippen molar-refractivity contribution in [2.75, 3.05) is 25.4 Å². The first kappa shape index (κ1) is 15.2. The Bertz CT molecular complexity index is 405. The third-order valence-corrected chi connectivity index (χ3v) is 3.93. The number of carbonyl (C=O) groups excluding carboxylic acids is 1. The lowest BCUT2D eigenvalue weighted by atomic mass is 10.1. The van der Waals surface area contributed by atoms with Crippen LogP contribution in [0.1, 0.15) is 31.1 Å². The first-order chi connectivity index (χ1) is 8.58. The molecular formula is C14H20FNOS. The van der Waals surface area contributed by atoms with E-state index in [0.29, 0.717) is 5.56 Å². The summed E-state index contributed by atoms with van der Waals surface area (Å²) >= 11 is 1.61. The molecular weight excluding hydrogens is 249 g/mol. The number of ketones is 1. The lowest BCUT2D eigenvalue weighted by Crippen LogP contribution is -2.25. The molecule has 1 aromatic rings. The quantitative estimate of drug-likeness (QED) is 0.558. The Morgan fingerprint density at radius 1 is 1.33 bits per heavy atom. The van der Waals surface area contributed by atoms with E-state index in [2.05, 4.69) is 18.7 Å². The van der Waals surface area contributed by atoms with Crippen molar-refractivity contribution >= 4 is 17.5 Å². The second-order valence-electron chi connectivity index (χ2n) is 4.07. The first-order valence-corrected chi connectivity index (χ1v) is 7.22. The third kappa shape index (κ3) is 4.42. The zero-order valence-corrected chi connectivity index (χ0v) is 12.0. The standard InChI is InChI=1S/C14H20FNOS/c1-4-16(5-2)8-9-18-14-7-6-12(15)10-13(14)11(3)17/h6-7,10H,4-5,8-9H2,1-3H3. The second kappa shape index (κ2) is 7.54. The van der Waals surface area contributed by atoms with Crippen molar-refractivity contribution in [2.45, 2.75) is 25.7 Å². The monoisotopic (exact) mass is 269 g/mol. The summed E-state index contributed by atoms with van der Waals surface area (Å²) in [5.41, 5.74) is 0.486. The smallest absolute Gasteiger partial charge is 0.161 e. The topological polar surface area (TPSA) is 20.3 Å². The molecule has 0 aliphatic heterocycles. The number of halogens is 1. The summed E-state index contributed by atoms with van der Waals surface area (Å²) in [6, 6.07) is 4.42. The van der Waals surface area contributed by atoms with Gasteiger partial charge >= 0.3 is 0 Å². The Labute approximate surface area is 113 Å². The molecule has 18 heavy (non-hydrogen) atoms. The van der Waals surface area contributed by atoms with Gasteiger partial charge in [-0.05, 0) is 38.2 Å². The number of benzene rings is 1. The summed E-state index contributed by atoms with van der Waals surface area (Å²) in [5.74, 6) is 0.473. The van der Waals surface area contributed by atoms with Crippen LogP contribution in [0.2, 0.25) is 0 Å². The van der Waals surface area contributed by atoms with E-state index in [4.69, 9.17) is 0 Å². The zero-order chi connectivity index (χ0) is 13.5. The van der Waals surface area contributed by atoms with Gasteiger partial charge in [-0.25, -0.2) is 4.39 Å². The molecule has 1 aromatic carbocycles. The molecule has 0 saturated heterocycles. The summed E-state index contributed by atoms with van der Waals surface area (Å²) in [4.78, 5) is 14.6. The minimum atomic E-state index is -0.353. The normalized spacial score (nSPS) is 10.9. The Kier molecular flexibility index (Phi) is 6.36. The van der Waals surface area contributed by atoms with Crippen molar-refractivity contribution in [3.8, 4) is 0 Å². The summed E-state index contributed by atoms with van der Waals surface area (Å²) in [6.45, 7) is 8.77. The summed E-state index contributed by atoms with van der Waals surface area (Å²) in [5, 5.41) is 0. The van der Waals surface area contributed by atoms with Crippen LogP contribution in [0.5, 0.6) is 0 Å². The minimum absolute atomic E-state index is 0.0835. The van der Waals surface area contributed by atoms with Gasteiger partial charge in [-0.1, -0.05) is 13.8 Å². The minimum Gasteiger partial charge on any atom is -0.303 e. The second-order valence-corrected chi connectivity index (χ2v) is 5.21. The largest absolute Gasteiger partial charge is 0.303 e. The van der Waals surface area contributed by atoms with Crippen molar-refractivity contribution in [3.63, 3.8) is 0 Å². The first-order valence-electron chi connectivity index (χ1n) is 6.24. The highest BCUT2D eigenvalue weighted by Crippen LogP contribution is 2.24. The Morgan fingerprint density at radius 2 is 2.00 bits per heavy atom.